The van der Waals surface area contributed by atoms with Crippen LogP contribution in [0, 0.1) is 3.57 Å². The predicted molar refractivity (Wildman–Crippen MR) is 72.3 cm³/mol. The number of halogens is 1. The zero-order valence-electron chi connectivity index (χ0n) is 9.28. The van der Waals surface area contributed by atoms with Gasteiger partial charge in [0.2, 0.25) is 0 Å². The Morgan fingerprint density at radius 2 is 2.06 bits per heavy atom. The van der Waals surface area contributed by atoms with Crippen LogP contribution in [0.1, 0.15) is 12.0 Å². The molecule has 0 fully saturated rings. The van der Waals surface area contributed by atoms with E-state index < -0.39 is 6.04 Å². The fraction of sp³-hybridized carbons (Fsp3) is 0.417. The van der Waals surface area contributed by atoms with Gasteiger partial charge < -0.3 is 10.5 Å². The van der Waals surface area contributed by atoms with Crippen molar-refractivity contribution in [2.75, 3.05) is 13.7 Å². The van der Waals surface area contributed by atoms with Crippen molar-refractivity contribution in [3.8, 4) is 0 Å². The van der Waals surface area contributed by atoms with Gasteiger partial charge in [0.05, 0.1) is 6.04 Å². The number of methoxy groups -OCH3 is 1. The summed E-state index contributed by atoms with van der Waals surface area (Å²) in [6, 6.07) is 7.48. The van der Waals surface area contributed by atoms with E-state index in [9.17, 15) is 4.79 Å². The number of hydrogen-bond acceptors (Lipinski definition) is 3. The second kappa shape index (κ2) is 6.98. The van der Waals surface area contributed by atoms with E-state index in [1.54, 1.807) is 7.11 Å². The van der Waals surface area contributed by atoms with Gasteiger partial charge in [-0.05, 0) is 46.7 Å². The molecule has 0 saturated carbocycles. The van der Waals surface area contributed by atoms with E-state index >= 15 is 0 Å². The van der Waals surface area contributed by atoms with Crippen molar-refractivity contribution in [1.82, 2.24) is 0 Å². The number of rotatable bonds is 6. The summed E-state index contributed by atoms with van der Waals surface area (Å²) in [5.41, 5.74) is 6.76. The average Bonchev–Trinajstić information content (AvgIpc) is 2.29. The molecule has 0 aliphatic rings. The number of ketones is 1. The van der Waals surface area contributed by atoms with Gasteiger partial charge in [-0.3, -0.25) is 4.79 Å². The standard InChI is InChI=1S/C12H16INO2/c1-16-7-6-11(14)12(15)8-9-2-4-10(13)5-3-9/h2-5,11H,6-8,14H2,1H3. The van der Waals surface area contributed by atoms with Gasteiger partial charge in [0.1, 0.15) is 0 Å². The zero-order chi connectivity index (χ0) is 12.0. The molecule has 0 saturated heterocycles. The highest BCUT2D eigenvalue weighted by atomic mass is 127. The number of nitrogens with two attached hydrogens (primary N) is 1. The van der Waals surface area contributed by atoms with Gasteiger partial charge in [0, 0.05) is 23.7 Å². The van der Waals surface area contributed by atoms with Crippen LogP contribution in [0.5, 0.6) is 0 Å². The van der Waals surface area contributed by atoms with Crippen LogP contribution in [0.25, 0.3) is 0 Å². The third-order valence-corrected chi connectivity index (χ3v) is 3.06. The summed E-state index contributed by atoms with van der Waals surface area (Å²) in [5, 5.41) is 0. The molecule has 0 aliphatic heterocycles. The van der Waals surface area contributed by atoms with Crippen molar-refractivity contribution in [2.45, 2.75) is 18.9 Å². The fourth-order valence-corrected chi connectivity index (χ4v) is 1.70. The number of carbonyl (C=O) groups excluding carboxylic acids is 1. The molecule has 0 amide bonds. The quantitative estimate of drug-likeness (QED) is 0.808. The molecule has 0 spiro atoms. The van der Waals surface area contributed by atoms with Crippen LogP contribution in [0.3, 0.4) is 0 Å². The smallest absolute Gasteiger partial charge is 0.153 e. The van der Waals surface area contributed by atoms with Crippen LogP contribution in [0.2, 0.25) is 0 Å². The predicted octanol–water partition coefficient (Wildman–Crippen LogP) is 1.77. The average molecular weight is 333 g/mol. The maximum atomic E-state index is 11.7. The van der Waals surface area contributed by atoms with Gasteiger partial charge in [-0.25, -0.2) is 0 Å². The molecular formula is C12H16INO2. The third-order valence-electron chi connectivity index (χ3n) is 2.34. The van der Waals surface area contributed by atoms with E-state index in [2.05, 4.69) is 22.6 Å². The summed E-state index contributed by atoms with van der Waals surface area (Å²) in [6.45, 7) is 0.527. The minimum absolute atomic E-state index is 0.0678. The van der Waals surface area contributed by atoms with Crippen LogP contribution in [-0.2, 0) is 16.0 Å². The molecule has 88 valence electrons. The first kappa shape index (κ1) is 13.6. The highest BCUT2D eigenvalue weighted by Crippen LogP contribution is 2.08. The minimum atomic E-state index is -0.417. The van der Waals surface area contributed by atoms with E-state index in [0.29, 0.717) is 19.4 Å². The van der Waals surface area contributed by atoms with E-state index in [4.69, 9.17) is 10.5 Å². The van der Waals surface area contributed by atoms with Crippen molar-refractivity contribution in [3.05, 3.63) is 33.4 Å². The van der Waals surface area contributed by atoms with Crippen molar-refractivity contribution in [3.63, 3.8) is 0 Å². The Morgan fingerprint density at radius 3 is 2.62 bits per heavy atom. The maximum absolute atomic E-state index is 11.7. The maximum Gasteiger partial charge on any atom is 0.153 e. The van der Waals surface area contributed by atoms with E-state index in [1.807, 2.05) is 24.3 Å². The van der Waals surface area contributed by atoms with Gasteiger partial charge >= 0.3 is 0 Å². The zero-order valence-corrected chi connectivity index (χ0v) is 11.4. The van der Waals surface area contributed by atoms with Gasteiger partial charge in [-0.15, -0.1) is 0 Å². The lowest BCUT2D eigenvalue weighted by Crippen LogP contribution is -2.32. The van der Waals surface area contributed by atoms with Gasteiger partial charge in [-0.2, -0.15) is 0 Å². The lowest BCUT2D eigenvalue weighted by Gasteiger charge is -2.09. The molecule has 1 aromatic carbocycles. The molecule has 1 atom stereocenters. The van der Waals surface area contributed by atoms with E-state index in [-0.39, 0.29) is 5.78 Å². The van der Waals surface area contributed by atoms with Gasteiger partial charge in [-0.1, -0.05) is 12.1 Å². The molecule has 0 heterocycles. The summed E-state index contributed by atoms with van der Waals surface area (Å²) >= 11 is 2.24. The number of Topliss-reactive ketones (excluding diaryl/α,β-unsaturated/α-hetero) is 1. The molecule has 0 radical (unpaired) electrons. The molecule has 1 aromatic rings. The second-order valence-electron chi connectivity index (χ2n) is 3.66. The molecule has 16 heavy (non-hydrogen) atoms. The van der Waals surface area contributed by atoms with E-state index in [0.717, 1.165) is 9.13 Å². The van der Waals surface area contributed by atoms with Gasteiger partial charge in [0.25, 0.3) is 0 Å². The molecule has 1 rings (SSSR count). The van der Waals surface area contributed by atoms with Crippen molar-refractivity contribution >= 4 is 28.4 Å². The topological polar surface area (TPSA) is 52.3 Å². The van der Waals surface area contributed by atoms with Crippen molar-refractivity contribution in [1.29, 1.82) is 0 Å². The Morgan fingerprint density at radius 1 is 1.44 bits per heavy atom. The summed E-state index contributed by atoms with van der Waals surface area (Å²) in [7, 11) is 1.61. The monoisotopic (exact) mass is 333 g/mol. The van der Waals surface area contributed by atoms with Crippen molar-refractivity contribution in [2.24, 2.45) is 5.73 Å². The first-order chi connectivity index (χ1) is 7.63. The second-order valence-corrected chi connectivity index (χ2v) is 4.90. The Labute approximate surface area is 109 Å². The summed E-state index contributed by atoms with van der Waals surface area (Å²) in [5.74, 6) is 0.0678. The molecule has 4 heteroatoms. The van der Waals surface area contributed by atoms with Crippen LogP contribution in [-0.4, -0.2) is 25.5 Å². The van der Waals surface area contributed by atoms with Crippen LogP contribution in [0.4, 0.5) is 0 Å². The largest absolute Gasteiger partial charge is 0.385 e. The third kappa shape index (κ3) is 4.59. The molecule has 0 aromatic heterocycles. The Balaban J connectivity index is 2.47. The normalized spacial score (nSPS) is 12.4. The number of carbonyl (C=O) groups is 1. The molecule has 0 aliphatic carbocycles. The van der Waals surface area contributed by atoms with Gasteiger partial charge in [0.15, 0.2) is 5.78 Å². The Hall–Kier alpha value is -0.460. The fourth-order valence-electron chi connectivity index (χ4n) is 1.34. The molecule has 0 bridgehead atoms. The first-order valence-corrected chi connectivity index (χ1v) is 6.23. The van der Waals surface area contributed by atoms with E-state index in [1.165, 1.54) is 0 Å². The highest BCUT2D eigenvalue weighted by molar-refractivity contribution is 14.1. The molecule has 2 N–H and O–H groups in total. The number of benzene rings is 1. The summed E-state index contributed by atoms with van der Waals surface area (Å²) < 4.78 is 6.06. The number of ether oxygens (including phenoxy) is 1. The van der Waals surface area contributed by atoms with Crippen LogP contribution in [0.15, 0.2) is 24.3 Å². The SMILES string of the molecule is COCCC(N)C(=O)Cc1ccc(I)cc1. The van der Waals surface area contributed by atoms with Crippen molar-refractivity contribution < 1.29 is 9.53 Å². The Kier molecular flexibility index (Phi) is 5.94. The summed E-state index contributed by atoms with van der Waals surface area (Å²) in [6.07, 6.45) is 0.988. The highest BCUT2D eigenvalue weighted by Gasteiger charge is 2.13. The van der Waals surface area contributed by atoms with Crippen LogP contribution < -0.4 is 5.73 Å². The minimum Gasteiger partial charge on any atom is -0.385 e. The molecule has 3 nitrogen and oxygen atoms in total. The molecule has 1 unspecified atom stereocenters. The Bertz CT molecular complexity index is 337. The first-order valence-electron chi connectivity index (χ1n) is 5.15. The molecular weight excluding hydrogens is 317 g/mol. The number of hydrogen-bond donors (Lipinski definition) is 1. The lowest BCUT2D eigenvalue weighted by atomic mass is 10.0. The summed E-state index contributed by atoms with van der Waals surface area (Å²) in [4.78, 5) is 11.7. The lowest BCUT2D eigenvalue weighted by molar-refractivity contribution is -0.120. The van der Waals surface area contributed by atoms with Crippen LogP contribution >= 0.6 is 22.6 Å².